The molecule has 0 spiro atoms. The third kappa shape index (κ3) is 8.16. The van der Waals surface area contributed by atoms with Gasteiger partial charge >= 0.3 is 5.97 Å². The largest absolute Gasteiger partial charge is 0.508 e. The van der Waals surface area contributed by atoms with Crippen molar-refractivity contribution in [2.75, 3.05) is 13.2 Å². The fraction of sp³-hybridized carbons (Fsp3) is 0.348. The van der Waals surface area contributed by atoms with Crippen LogP contribution in [-0.4, -0.2) is 29.4 Å². The molecule has 0 bridgehead atoms. The number of aromatic hydroxyl groups is 2. The molecule has 0 aliphatic rings. The summed E-state index contributed by atoms with van der Waals surface area (Å²) in [5.74, 6) is 0.765. The molecule has 0 aliphatic heterocycles. The molecule has 0 saturated carbocycles. The molecule has 5 heteroatoms. The van der Waals surface area contributed by atoms with Gasteiger partial charge in [-0.15, -0.1) is 0 Å². The summed E-state index contributed by atoms with van der Waals surface area (Å²) < 4.78 is 10.6. The molecular weight excluding hydrogens is 356 g/mol. The normalized spacial score (nSPS) is 10.9. The topological polar surface area (TPSA) is 76.0 Å². The Labute approximate surface area is 166 Å². The first kappa shape index (κ1) is 21.4. The Kier molecular flexibility index (Phi) is 8.92. The molecule has 0 heterocycles. The summed E-state index contributed by atoms with van der Waals surface area (Å²) in [5, 5.41) is 19.0. The number of hydrogen-bond acceptors (Lipinski definition) is 5. The van der Waals surface area contributed by atoms with Crippen LogP contribution in [0.5, 0.6) is 17.2 Å². The lowest BCUT2D eigenvalue weighted by Crippen LogP contribution is -2.03. The average Bonchev–Trinajstić information content (AvgIpc) is 2.66. The minimum absolute atomic E-state index is 0.0318. The van der Waals surface area contributed by atoms with Crippen LogP contribution in [0.2, 0.25) is 0 Å². The number of hydrogen-bond donors (Lipinski definition) is 2. The van der Waals surface area contributed by atoms with Gasteiger partial charge in [0.15, 0.2) is 0 Å². The zero-order valence-corrected chi connectivity index (χ0v) is 16.3. The molecule has 0 amide bonds. The van der Waals surface area contributed by atoms with Crippen molar-refractivity contribution in [2.24, 2.45) is 0 Å². The predicted molar refractivity (Wildman–Crippen MR) is 110 cm³/mol. The number of carbonyl (C=O) groups excluding carboxylic acids is 1. The van der Waals surface area contributed by atoms with Crippen molar-refractivity contribution in [3.05, 3.63) is 53.6 Å². The smallest absolute Gasteiger partial charge is 0.305 e. The molecule has 0 fully saturated rings. The van der Waals surface area contributed by atoms with Crippen LogP contribution in [0.1, 0.15) is 50.2 Å². The summed E-state index contributed by atoms with van der Waals surface area (Å²) in [6, 6.07) is 12.2. The van der Waals surface area contributed by atoms with E-state index in [2.05, 4.69) is 0 Å². The highest BCUT2D eigenvalue weighted by Gasteiger charge is 2.01. The van der Waals surface area contributed by atoms with Crippen LogP contribution in [0.15, 0.2) is 42.5 Å². The number of unbranched alkanes of at least 4 members (excludes halogenated alkanes) is 3. The molecule has 5 nitrogen and oxygen atoms in total. The van der Waals surface area contributed by atoms with Crippen LogP contribution in [0.3, 0.4) is 0 Å². The number of carbonyl (C=O) groups is 1. The van der Waals surface area contributed by atoms with E-state index in [-0.39, 0.29) is 17.5 Å². The molecule has 0 unspecified atom stereocenters. The monoisotopic (exact) mass is 384 g/mol. The Hall–Kier alpha value is -2.95. The Morgan fingerprint density at radius 1 is 0.893 bits per heavy atom. The zero-order valence-electron chi connectivity index (χ0n) is 16.3. The first-order valence-electron chi connectivity index (χ1n) is 9.66. The van der Waals surface area contributed by atoms with E-state index < -0.39 is 0 Å². The molecular formula is C23H28O5. The van der Waals surface area contributed by atoms with E-state index in [0.717, 1.165) is 42.6 Å². The van der Waals surface area contributed by atoms with Crippen LogP contribution >= 0.6 is 0 Å². The van der Waals surface area contributed by atoms with Gasteiger partial charge in [0.1, 0.15) is 17.2 Å². The van der Waals surface area contributed by atoms with E-state index in [1.807, 2.05) is 43.3 Å². The van der Waals surface area contributed by atoms with Crippen LogP contribution in [0, 0.1) is 0 Å². The maximum atomic E-state index is 11.2. The summed E-state index contributed by atoms with van der Waals surface area (Å²) >= 11 is 0. The summed E-state index contributed by atoms with van der Waals surface area (Å²) in [6.07, 6.45) is 8.05. The first-order valence-corrected chi connectivity index (χ1v) is 9.66. The molecule has 0 atom stereocenters. The van der Waals surface area contributed by atoms with E-state index in [0.29, 0.717) is 19.6 Å². The zero-order chi connectivity index (χ0) is 20.2. The molecule has 150 valence electrons. The van der Waals surface area contributed by atoms with Crippen LogP contribution in [0.4, 0.5) is 0 Å². The van der Waals surface area contributed by atoms with Gasteiger partial charge in [0, 0.05) is 12.5 Å². The highest BCUT2D eigenvalue weighted by Crippen LogP contribution is 2.22. The lowest BCUT2D eigenvalue weighted by Gasteiger charge is -2.06. The summed E-state index contributed by atoms with van der Waals surface area (Å²) in [7, 11) is 0. The Bertz CT molecular complexity index is 745. The van der Waals surface area contributed by atoms with Crippen LogP contribution in [-0.2, 0) is 9.53 Å². The van der Waals surface area contributed by atoms with Gasteiger partial charge in [-0.2, -0.15) is 0 Å². The fourth-order valence-electron chi connectivity index (χ4n) is 2.73. The molecule has 2 rings (SSSR count). The van der Waals surface area contributed by atoms with Gasteiger partial charge in [-0.25, -0.2) is 0 Å². The molecule has 28 heavy (non-hydrogen) atoms. The molecule has 0 radical (unpaired) electrons. The second-order valence-electron chi connectivity index (χ2n) is 6.50. The van der Waals surface area contributed by atoms with E-state index >= 15 is 0 Å². The Balaban J connectivity index is 1.67. The van der Waals surface area contributed by atoms with Crippen molar-refractivity contribution in [2.45, 2.75) is 39.0 Å². The van der Waals surface area contributed by atoms with Gasteiger partial charge in [-0.3, -0.25) is 4.79 Å². The van der Waals surface area contributed by atoms with E-state index in [1.54, 1.807) is 12.1 Å². The number of ether oxygens (including phenoxy) is 2. The van der Waals surface area contributed by atoms with Crippen molar-refractivity contribution < 1.29 is 24.5 Å². The molecule has 2 aromatic carbocycles. The van der Waals surface area contributed by atoms with Gasteiger partial charge in [0.2, 0.25) is 0 Å². The molecule has 2 N–H and O–H groups in total. The Morgan fingerprint density at radius 3 is 2.21 bits per heavy atom. The lowest BCUT2D eigenvalue weighted by molar-refractivity contribution is -0.143. The van der Waals surface area contributed by atoms with Crippen molar-refractivity contribution in [3.8, 4) is 17.2 Å². The van der Waals surface area contributed by atoms with Crippen molar-refractivity contribution in [1.29, 1.82) is 0 Å². The SMILES string of the molecule is CCOC(=O)CCCCCCOc1ccc(/C=C/c2cc(O)cc(O)c2)cc1. The van der Waals surface area contributed by atoms with Gasteiger partial charge in [0.25, 0.3) is 0 Å². The maximum Gasteiger partial charge on any atom is 0.305 e. The first-order chi connectivity index (χ1) is 13.6. The van der Waals surface area contributed by atoms with E-state index in [9.17, 15) is 15.0 Å². The van der Waals surface area contributed by atoms with Crippen molar-refractivity contribution in [3.63, 3.8) is 0 Å². The summed E-state index contributed by atoms with van der Waals surface area (Å²) in [6.45, 7) is 2.91. The predicted octanol–water partition coefficient (Wildman–Crippen LogP) is 5.16. The number of rotatable bonds is 11. The third-order valence-electron chi connectivity index (χ3n) is 4.12. The number of benzene rings is 2. The maximum absolute atomic E-state index is 11.2. The standard InChI is InChI=1S/C23H28O5/c1-2-27-23(26)7-5-3-4-6-14-28-22-12-10-18(11-13-22)8-9-19-15-20(24)17-21(25)16-19/h8-13,15-17,24-25H,2-7,14H2,1H3/b9-8+. The van der Waals surface area contributed by atoms with Crippen LogP contribution in [0.25, 0.3) is 12.2 Å². The van der Waals surface area contributed by atoms with E-state index in [4.69, 9.17) is 9.47 Å². The van der Waals surface area contributed by atoms with Crippen molar-refractivity contribution in [1.82, 2.24) is 0 Å². The van der Waals surface area contributed by atoms with Crippen LogP contribution < -0.4 is 4.74 Å². The molecule has 0 saturated heterocycles. The van der Waals surface area contributed by atoms with Crippen molar-refractivity contribution >= 4 is 18.1 Å². The highest BCUT2D eigenvalue weighted by atomic mass is 16.5. The van der Waals surface area contributed by atoms with Gasteiger partial charge in [0.05, 0.1) is 13.2 Å². The minimum Gasteiger partial charge on any atom is -0.508 e. The summed E-state index contributed by atoms with van der Waals surface area (Å²) in [5.41, 5.74) is 1.72. The summed E-state index contributed by atoms with van der Waals surface area (Å²) in [4.78, 5) is 11.2. The van der Waals surface area contributed by atoms with Gasteiger partial charge in [-0.1, -0.05) is 37.1 Å². The number of esters is 1. The molecule has 0 aliphatic carbocycles. The second kappa shape index (κ2) is 11.7. The van der Waals surface area contributed by atoms with Gasteiger partial charge in [-0.05, 0) is 55.2 Å². The molecule has 2 aromatic rings. The average molecular weight is 384 g/mol. The molecule has 0 aromatic heterocycles. The van der Waals surface area contributed by atoms with E-state index in [1.165, 1.54) is 6.07 Å². The minimum atomic E-state index is -0.117. The lowest BCUT2D eigenvalue weighted by atomic mass is 10.1. The third-order valence-corrected chi connectivity index (χ3v) is 4.12. The Morgan fingerprint density at radius 2 is 1.54 bits per heavy atom. The number of phenols is 2. The van der Waals surface area contributed by atoms with Gasteiger partial charge < -0.3 is 19.7 Å². The quantitative estimate of drug-likeness (QED) is 0.318. The fourth-order valence-corrected chi connectivity index (χ4v) is 2.73. The highest BCUT2D eigenvalue weighted by molar-refractivity contribution is 5.71. The number of phenolic OH excluding ortho intramolecular Hbond substituents is 2. The second-order valence-corrected chi connectivity index (χ2v) is 6.50.